The molecule has 2 N–H and O–H groups in total. The summed E-state index contributed by atoms with van der Waals surface area (Å²) in [5.74, 6) is 0.698. The maximum absolute atomic E-state index is 10.9. The van der Waals surface area contributed by atoms with Crippen LogP contribution in [0.15, 0.2) is 4.99 Å². The number of hydrogen-bond donors (Lipinski definition) is 2. The number of guanidine groups is 1. The minimum Gasteiger partial charge on any atom is -0.379 e. The molecule has 0 atom stereocenters. The third-order valence-electron chi connectivity index (χ3n) is 2.60. The van der Waals surface area contributed by atoms with Crippen LogP contribution in [0.25, 0.3) is 0 Å². The molecule has 7 nitrogen and oxygen atoms in total. The topological polar surface area (TPSA) is 89.0 Å². The molecule has 0 heterocycles. The maximum atomic E-state index is 10.9. The lowest BCUT2D eigenvalue weighted by molar-refractivity contribution is 0.0268. The lowest BCUT2D eigenvalue weighted by Crippen LogP contribution is -2.46. The van der Waals surface area contributed by atoms with E-state index in [0.717, 1.165) is 0 Å². The van der Waals surface area contributed by atoms with Crippen LogP contribution in [-0.2, 0) is 19.3 Å². The zero-order chi connectivity index (χ0) is 15.6. The average molecular weight is 309 g/mol. The molecule has 0 unspecified atom stereocenters. The molecule has 0 spiro atoms. The molecular weight excluding hydrogens is 282 g/mol. The fourth-order valence-electron chi connectivity index (χ4n) is 1.14. The van der Waals surface area contributed by atoms with E-state index < -0.39 is 9.84 Å². The lowest BCUT2D eigenvalue weighted by Gasteiger charge is -2.24. The zero-order valence-corrected chi connectivity index (χ0v) is 13.8. The van der Waals surface area contributed by atoms with Crippen LogP contribution in [0.2, 0.25) is 0 Å². The van der Waals surface area contributed by atoms with E-state index in [-0.39, 0.29) is 18.0 Å². The molecule has 0 amide bonds. The van der Waals surface area contributed by atoms with E-state index in [2.05, 4.69) is 15.6 Å². The molecule has 0 rings (SSSR count). The number of ether oxygens (including phenoxy) is 2. The quantitative estimate of drug-likeness (QED) is 0.343. The molecule has 0 saturated carbocycles. The van der Waals surface area contributed by atoms with E-state index in [1.807, 2.05) is 13.8 Å². The van der Waals surface area contributed by atoms with Gasteiger partial charge in [-0.05, 0) is 13.8 Å². The van der Waals surface area contributed by atoms with Crippen molar-refractivity contribution in [3.8, 4) is 0 Å². The van der Waals surface area contributed by atoms with Crippen LogP contribution in [0, 0.1) is 0 Å². The van der Waals surface area contributed by atoms with Crippen LogP contribution in [0.5, 0.6) is 0 Å². The van der Waals surface area contributed by atoms with Gasteiger partial charge >= 0.3 is 0 Å². The Morgan fingerprint density at radius 2 is 1.90 bits per heavy atom. The number of nitrogens with zero attached hydrogens (tertiary/aromatic N) is 1. The molecule has 120 valence electrons. The van der Waals surface area contributed by atoms with Crippen LogP contribution in [0.4, 0.5) is 0 Å². The van der Waals surface area contributed by atoms with E-state index in [0.29, 0.717) is 25.7 Å². The van der Waals surface area contributed by atoms with Gasteiger partial charge in [0.05, 0.1) is 24.6 Å². The first-order valence-electron chi connectivity index (χ1n) is 6.45. The minimum atomic E-state index is -2.96. The van der Waals surface area contributed by atoms with Gasteiger partial charge in [0.25, 0.3) is 0 Å². The number of sulfone groups is 1. The fourth-order valence-corrected chi connectivity index (χ4v) is 1.56. The highest BCUT2D eigenvalue weighted by atomic mass is 32.2. The number of rotatable bonds is 9. The second kappa shape index (κ2) is 9.15. The second-order valence-electron chi connectivity index (χ2n) is 5.06. The summed E-state index contributed by atoms with van der Waals surface area (Å²) >= 11 is 0. The summed E-state index contributed by atoms with van der Waals surface area (Å²) in [5, 5.41) is 6.21. The van der Waals surface area contributed by atoms with Crippen LogP contribution < -0.4 is 10.6 Å². The fraction of sp³-hybridized carbons (Fsp3) is 0.917. The largest absolute Gasteiger partial charge is 0.379 e. The Morgan fingerprint density at radius 1 is 1.25 bits per heavy atom. The molecule has 0 aliphatic heterocycles. The molecule has 0 aliphatic rings. The summed E-state index contributed by atoms with van der Waals surface area (Å²) in [6.45, 7) is 5.76. The van der Waals surface area contributed by atoms with Gasteiger partial charge < -0.3 is 20.1 Å². The summed E-state index contributed by atoms with van der Waals surface area (Å²) in [6.07, 6.45) is 1.19. The Kier molecular flexibility index (Phi) is 8.75. The van der Waals surface area contributed by atoms with Crippen LogP contribution in [0.1, 0.15) is 13.8 Å². The summed E-state index contributed by atoms with van der Waals surface area (Å²) in [5.41, 5.74) is -0.274. The van der Waals surface area contributed by atoms with Crippen LogP contribution in [-0.4, -0.2) is 72.4 Å². The summed E-state index contributed by atoms with van der Waals surface area (Å²) in [4.78, 5) is 4.07. The van der Waals surface area contributed by atoms with Gasteiger partial charge in [0.1, 0.15) is 9.84 Å². The number of hydrogen-bond acceptors (Lipinski definition) is 5. The molecule has 0 radical (unpaired) electrons. The second-order valence-corrected chi connectivity index (χ2v) is 7.32. The number of methoxy groups -OCH3 is 1. The van der Waals surface area contributed by atoms with Gasteiger partial charge in [-0.1, -0.05) is 0 Å². The average Bonchev–Trinajstić information content (AvgIpc) is 2.35. The monoisotopic (exact) mass is 309 g/mol. The van der Waals surface area contributed by atoms with Gasteiger partial charge in [0, 0.05) is 33.5 Å². The van der Waals surface area contributed by atoms with Crippen molar-refractivity contribution in [2.24, 2.45) is 4.99 Å². The van der Waals surface area contributed by atoms with Crippen LogP contribution in [0.3, 0.4) is 0 Å². The van der Waals surface area contributed by atoms with E-state index in [1.165, 1.54) is 6.26 Å². The molecule has 0 bridgehead atoms. The molecule has 0 saturated heterocycles. The zero-order valence-electron chi connectivity index (χ0n) is 13.0. The Morgan fingerprint density at radius 3 is 2.40 bits per heavy atom. The lowest BCUT2D eigenvalue weighted by atomic mass is 10.1. The first-order chi connectivity index (χ1) is 9.20. The third kappa shape index (κ3) is 11.0. The highest BCUT2D eigenvalue weighted by Crippen LogP contribution is 2.04. The van der Waals surface area contributed by atoms with Crippen molar-refractivity contribution in [2.45, 2.75) is 19.4 Å². The Bertz CT molecular complexity index is 394. The van der Waals surface area contributed by atoms with Gasteiger partial charge in [-0.25, -0.2) is 8.42 Å². The Hall–Kier alpha value is -0.860. The van der Waals surface area contributed by atoms with E-state index in [9.17, 15) is 8.42 Å². The molecule has 20 heavy (non-hydrogen) atoms. The van der Waals surface area contributed by atoms with E-state index >= 15 is 0 Å². The summed E-state index contributed by atoms with van der Waals surface area (Å²) < 4.78 is 32.3. The normalized spacial score (nSPS) is 13.3. The van der Waals surface area contributed by atoms with Crippen molar-refractivity contribution in [1.82, 2.24) is 10.6 Å². The minimum absolute atomic E-state index is 0.0437. The highest BCUT2D eigenvalue weighted by Gasteiger charge is 2.16. The molecule has 0 aliphatic carbocycles. The van der Waals surface area contributed by atoms with Crippen molar-refractivity contribution in [2.75, 3.05) is 52.5 Å². The Labute approximate surface area is 122 Å². The van der Waals surface area contributed by atoms with Crippen LogP contribution >= 0.6 is 0 Å². The van der Waals surface area contributed by atoms with Gasteiger partial charge in [-0.2, -0.15) is 0 Å². The Balaban J connectivity index is 3.77. The van der Waals surface area contributed by atoms with Gasteiger partial charge in [0.2, 0.25) is 0 Å². The van der Waals surface area contributed by atoms with Gasteiger partial charge in [-0.3, -0.25) is 4.99 Å². The summed E-state index contributed by atoms with van der Waals surface area (Å²) in [6, 6.07) is 0. The highest BCUT2D eigenvalue weighted by molar-refractivity contribution is 7.90. The molecular formula is C12H27N3O4S. The maximum Gasteiger partial charge on any atom is 0.191 e. The van der Waals surface area contributed by atoms with E-state index in [4.69, 9.17) is 9.47 Å². The number of aliphatic imine (C=N–C) groups is 1. The summed E-state index contributed by atoms with van der Waals surface area (Å²) in [7, 11) is 0.385. The van der Waals surface area contributed by atoms with Crippen molar-refractivity contribution >= 4 is 15.8 Å². The predicted octanol–water partition coefficient (Wildman–Crippen LogP) is -0.362. The molecule has 0 fully saturated rings. The van der Waals surface area contributed by atoms with E-state index in [1.54, 1.807) is 14.2 Å². The van der Waals surface area contributed by atoms with Gasteiger partial charge in [0.15, 0.2) is 5.96 Å². The molecule has 0 aromatic rings. The molecule has 0 aromatic carbocycles. The standard InChI is InChI=1S/C12H27N3O4S/c1-12(2,18-4)10-15-11(13-3)14-6-7-19-8-9-20(5,16)17/h6-10H2,1-5H3,(H2,13,14,15). The first-order valence-corrected chi connectivity index (χ1v) is 8.51. The van der Waals surface area contributed by atoms with Crippen molar-refractivity contribution in [1.29, 1.82) is 0 Å². The number of nitrogens with one attached hydrogen (secondary N) is 2. The third-order valence-corrected chi connectivity index (χ3v) is 3.50. The smallest absolute Gasteiger partial charge is 0.191 e. The molecule has 8 heteroatoms. The SMILES string of the molecule is CN=C(NCCOCCS(C)(=O)=O)NCC(C)(C)OC. The van der Waals surface area contributed by atoms with Gasteiger partial charge in [-0.15, -0.1) is 0 Å². The predicted molar refractivity (Wildman–Crippen MR) is 81.0 cm³/mol. The molecule has 0 aromatic heterocycles. The van der Waals surface area contributed by atoms with Crippen molar-refractivity contribution in [3.63, 3.8) is 0 Å². The van der Waals surface area contributed by atoms with Crippen molar-refractivity contribution < 1.29 is 17.9 Å². The first kappa shape index (κ1) is 19.1. The van der Waals surface area contributed by atoms with Crippen molar-refractivity contribution in [3.05, 3.63) is 0 Å².